The molecule has 0 bridgehead atoms. The number of nitrogens with two attached hydrogens (primary N) is 1. The lowest BCUT2D eigenvalue weighted by Gasteiger charge is -2.39. The number of aromatic nitrogens is 2. The first kappa shape index (κ1) is 17.6. The highest BCUT2D eigenvalue weighted by molar-refractivity contribution is 6.00. The lowest BCUT2D eigenvalue weighted by molar-refractivity contribution is -0.125. The van der Waals surface area contributed by atoms with Crippen LogP contribution >= 0.6 is 0 Å². The summed E-state index contributed by atoms with van der Waals surface area (Å²) in [4.78, 5) is 26.5. The fraction of sp³-hybridized carbons (Fsp3) is 0.588. The van der Waals surface area contributed by atoms with Crippen LogP contribution < -0.4 is 5.73 Å². The van der Waals surface area contributed by atoms with Crippen molar-refractivity contribution in [3.63, 3.8) is 0 Å². The molecule has 1 spiro atoms. The molecule has 6 nitrogen and oxygen atoms in total. The first-order chi connectivity index (χ1) is 11.6. The quantitative estimate of drug-likeness (QED) is 0.900. The first-order valence-corrected chi connectivity index (χ1v) is 8.25. The van der Waals surface area contributed by atoms with Crippen molar-refractivity contribution < 1.29 is 18.4 Å². The number of nitrogens with zero attached hydrogens (tertiary/aromatic N) is 3. The fourth-order valence-corrected chi connectivity index (χ4v) is 4.03. The van der Waals surface area contributed by atoms with Gasteiger partial charge in [-0.2, -0.15) is 5.10 Å². The molecular formula is C17H22F2N4O2. The summed E-state index contributed by atoms with van der Waals surface area (Å²) in [5, 5.41) is 3.81. The molecule has 1 amide bonds. The summed E-state index contributed by atoms with van der Waals surface area (Å²) in [6.45, 7) is 4.20. The number of alkyl halides is 2. The molecule has 0 saturated carbocycles. The van der Waals surface area contributed by atoms with Gasteiger partial charge >= 0.3 is 0 Å². The molecule has 2 N–H and O–H groups in total. The minimum atomic E-state index is -2.52. The third-order valence-corrected chi connectivity index (χ3v) is 5.01. The summed E-state index contributed by atoms with van der Waals surface area (Å²) in [5.74, 6) is -0.296. The van der Waals surface area contributed by atoms with E-state index in [9.17, 15) is 18.4 Å². The number of allylic oxidation sites excluding steroid dienone is 1. The number of hydrogen-bond donors (Lipinski definition) is 1. The van der Waals surface area contributed by atoms with E-state index < -0.39 is 18.4 Å². The molecule has 1 aromatic heterocycles. The van der Waals surface area contributed by atoms with Gasteiger partial charge in [0.05, 0.1) is 17.5 Å². The zero-order valence-corrected chi connectivity index (χ0v) is 14.3. The molecule has 0 unspecified atom stereocenters. The maximum Gasteiger partial charge on any atom is 0.257 e. The van der Waals surface area contributed by atoms with Gasteiger partial charge in [0.1, 0.15) is 6.54 Å². The highest BCUT2D eigenvalue weighted by Crippen LogP contribution is 2.47. The number of carbonyl (C=O) groups is 2. The van der Waals surface area contributed by atoms with E-state index >= 15 is 0 Å². The fourth-order valence-electron chi connectivity index (χ4n) is 4.03. The Morgan fingerprint density at radius 1 is 1.44 bits per heavy atom. The van der Waals surface area contributed by atoms with Crippen molar-refractivity contribution in [2.24, 2.45) is 16.6 Å². The first-order valence-electron chi connectivity index (χ1n) is 8.25. The molecule has 8 heteroatoms. The van der Waals surface area contributed by atoms with Crippen LogP contribution in [0.25, 0.3) is 0 Å². The molecule has 2 heterocycles. The van der Waals surface area contributed by atoms with Crippen LogP contribution in [-0.2, 0) is 11.3 Å². The van der Waals surface area contributed by atoms with Crippen molar-refractivity contribution >= 4 is 11.7 Å². The van der Waals surface area contributed by atoms with Gasteiger partial charge in [-0.25, -0.2) is 8.78 Å². The third kappa shape index (κ3) is 3.29. The Kier molecular flexibility index (Phi) is 4.17. The van der Waals surface area contributed by atoms with Crippen molar-refractivity contribution in [2.45, 2.75) is 39.7 Å². The number of amides is 1. The molecule has 1 fully saturated rings. The molecule has 1 saturated heterocycles. The van der Waals surface area contributed by atoms with Gasteiger partial charge in [0.15, 0.2) is 5.78 Å². The second kappa shape index (κ2) is 5.93. The maximum atomic E-state index is 12.6. The van der Waals surface area contributed by atoms with Crippen LogP contribution in [0.15, 0.2) is 24.2 Å². The second-order valence-corrected chi connectivity index (χ2v) is 7.67. The Labute approximate surface area is 144 Å². The number of Topliss-reactive ketones (excluding diaryl/α,β-unsaturated/α-hetero) is 1. The van der Waals surface area contributed by atoms with E-state index in [0.29, 0.717) is 25.1 Å². The second-order valence-electron chi connectivity index (χ2n) is 7.67. The van der Waals surface area contributed by atoms with Gasteiger partial charge in [0.2, 0.25) is 0 Å². The van der Waals surface area contributed by atoms with Crippen LogP contribution in [0.2, 0.25) is 0 Å². The highest BCUT2D eigenvalue weighted by atomic mass is 19.3. The molecule has 1 aliphatic carbocycles. The Morgan fingerprint density at radius 2 is 2.16 bits per heavy atom. The standard InChI is InChI=1S/C17H22F2N4O2/c1-16(2)9-17(5-12(20)14(16)24)3-4-22(10-17)15(25)11-6-21-23(7-11)8-13(18)19/h5-7,13H,3-4,8-10,20H2,1-2H3/t17-/m1/s1. The Hall–Kier alpha value is -2.25. The van der Waals surface area contributed by atoms with Gasteiger partial charge in [0.25, 0.3) is 12.3 Å². The number of halogens is 2. The average molecular weight is 352 g/mol. The monoisotopic (exact) mass is 352 g/mol. The van der Waals surface area contributed by atoms with E-state index in [4.69, 9.17) is 5.73 Å². The number of likely N-dealkylation sites (tertiary alicyclic amines) is 1. The molecule has 0 radical (unpaired) electrons. The largest absolute Gasteiger partial charge is 0.396 e. The van der Waals surface area contributed by atoms with E-state index in [0.717, 1.165) is 11.1 Å². The number of ketones is 1. The van der Waals surface area contributed by atoms with Crippen LogP contribution in [0.3, 0.4) is 0 Å². The molecule has 136 valence electrons. The van der Waals surface area contributed by atoms with Crippen molar-refractivity contribution in [3.8, 4) is 0 Å². The lowest BCUT2D eigenvalue weighted by atomic mass is 9.65. The maximum absolute atomic E-state index is 12.6. The van der Waals surface area contributed by atoms with Crippen LogP contribution in [-0.4, -0.2) is 45.9 Å². The Bertz CT molecular complexity index is 741. The van der Waals surface area contributed by atoms with Crippen molar-refractivity contribution in [2.75, 3.05) is 13.1 Å². The topological polar surface area (TPSA) is 81.2 Å². The molecule has 1 atom stereocenters. The lowest BCUT2D eigenvalue weighted by Crippen LogP contribution is -2.42. The Balaban J connectivity index is 1.75. The molecular weight excluding hydrogens is 330 g/mol. The van der Waals surface area contributed by atoms with Crippen molar-refractivity contribution in [1.29, 1.82) is 0 Å². The van der Waals surface area contributed by atoms with Gasteiger partial charge in [0, 0.05) is 30.1 Å². The number of hydrogen-bond acceptors (Lipinski definition) is 4. The zero-order chi connectivity index (χ0) is 18.4. The summed E-state index contributed by atoms with van der Waals surface area (Å²) in [6.07, 6.45) is 3.29. The smallest absolute Gasteiger partial charge is 0.257 e. The normalized spacial score (nSPS) is 25.7. The predicted octanol–water partition coefficient (Wildman–Crippen LogP) is 1.82. The molecule has 0 aromatic carbocycles. The van der Waals surface area contributed by atoms with E-state index in [2.05, 4.69) is 5.10 Å². The Morgan fingerprint density at radius 3 is 2.80 bits per heavy atom. The third-order valence-electron chi connectivity index (χ3n) is 5.01. The molecule has 1 aliphatic heterocycles. The van der Waals surface area contributed by atoms with Gasteiger partial charge < -0.3 is 10.6 Å². The van der Waals surface area contributed by atoms with E-state index in [-0.39, 0.29) is 22.8 Å². The SMILES string of the molecule is CC1(C)C[C@]2(C=C(N)C1=O)CCN(C(=O)c1cnn(CC(F)F)c1)C2. The van der Waals surface area contributed by atoms with Crippen LogP contribution in [0.1, 0.15) is 37.0 Å². The average Bonchev–Trinajstić information content (AvgIpc) is 3.11. The van der Waals surface area contributed by atoms with Crippen molar-refractivity contribution in [1.82, 2.24) is 14.7 Å². The summed E-state index contributed by atoms with van der Waals surface area (Å²) >= 11 is 0. The molecule has 25 heavy (non-hydrogen) atoms. The molecule has 3 rings (SSSR count). The summed E-state index contributed by atoms with van der Waals surface area (Å²) < 4.78 is 25.9. The minimum absolute atomic E-state index is 0.0591. The number of rotatable bonds is 3. The van der Waals surface area contributed by atoms with Gasteiger partial charge in [-0.05, 0) is 18.9 Å². The number of carbonyl (C=O) groups excluding carboxylic acids is 2. The summed E-state index contributed by atoms with van der Waals surface area (Å²) in [6, 6.07) is 0. The van der Waals surface area contributed by atoms with Crippen LogP contribution in [0, 0.1) is 10.8 Å². The highest BCUT2D eigenvalue weighted by Gasteiger charge is 2.48. The zero-order valence-electron chi connectivity index (χ0n) is 14.3. The minimum Gasteiger partial charge on any atom is -0.396 e. The van der Waals surface area contributed by atoms with Crippen molar-refractivity contribution in [3.05, 3.63) is 29.7 Å². The van der Waals surface area contributed by atoms with Gasteiger partial charge in [-0.1, -0.05) is 13.8 Å². The molecule has 2 aliphatic rings. The predicted molar refractivity (Wildman–Crippen MR) is 86.9 cm³/mol. The van der Waals surface area contributed by atoms with Crippen LogP contribution in [0.5, 0.6) is 0 Å². The van der Waals surface area contributed by atoms with Gasteiger partial charge in [-0.15, -0.1) is 0 Å². The van der Waals surface area contributed by atoms with E-state index in [1.807, 2.05) is 13.8 Å². The van der Waals surface area contributed by atoms with E-state index in [1.165, 1.54) is 12.4 Å². The van der Waals surface area contributed by atoms with Crippen LogP contribution in [0.4, 0.5) is 8.78 Å². The summed E-state index contributed by atoms with van der Waals surface area (Å²) in [5.41, 5.74) is 5.60. The summed E-state index contributed by atoms with van der Waals surface area (Å²) in [7, 11) is 0. The van der Waals surface area contributed by atoms with Gasteiger partial charge in [-0.3, -0.25) is 14.3 Å². The molecule has 1 aromatic rings. The van der Waals surface area contributed by atoms with E-state index in [1.54, 1.807) is 11.0 Å².